The zero-order chi connectivity index (χ0) is 23.4. The van der Waals surface area contributed by atoms with E-state index in [9.17, 15) is 14.9 Å². The number of nitrogens with one attached hydrogen (secondary N) is 2. The monoisotopic (exact) mass is 450 g/mol. The van der Waals surface area contributed by atoms with Crippen LogP contribution in [0.3, 0.4) is 0 Å². The van der Waals surface area contributed by atoms with Gasteiger partial charge in [-0.3, -0.25) is 14.9 Å². The molecule has 2 aromatic rings. The van der Waals surface area contributed by atoms with E-state index in [4.69, 9.17) is 4.42 Å². The van der Waals surface area contributed by atoms with Gasteiger partial charge in [-0.25, -0.2) is 4.99 Å². The summed E-state index contributed by atoms with van der Waals surface area (Å²) in [5.41, 5.74) is 2.58. The van der Waals surface area contributed by atoms with Crippen LogP contribution in [0, 0.1) is 25.3 Å². The molecule has 0 aliphatic carbocycles. The standard InChI is InChI=1S/C24H30N6O3/c1-16-17(2)33-21-9-8-18(13-19(16)21)27-24(26-15-25)28-20-7-3-4-12-30(23(20)32)14-22(31)29-10-5-6-11-29/h8-9,13,20H,3-7,10-12,14H2,1-2H3,(H2,26,27,28). The highest BCUT2D eigenvalue weighted by Gasteiger charge is 2.30. The van der Waals surface area contributed by atoms with E-state index in [-0.39, 0.29) is 24.3 Å². The number of hydrogen-bond donors (Lipinski definition) is 2. The maximum Gasteiger partial charge on any atom is 0.247 e. The Balaban J connectivity index is 1.51. The van der Waals surface area contributed by atoms with Gasteiger partial charge in [-0.15, -0.1) is 0 Å². The van der Waals surface area contributed by atoms with Crippen LogP contribution >= 0.6 is 0 Å². The van der Waals surface area contributed by atoms with Crippen LogP contribution in [0.15, 0.2) is 27.6 Å². The average Bonchev–Trinajstić information content (AvgIpc) is 3.39. The first-order chi connectivity index (χ1) is 16.0. The molecular weight excluding hydrogens is 420 g/mol. The second-order valence-corrected chi connectivity index (χ2v) is 8.69. The molecule has 2 fully saturated rings. The molecule has 174 valence electrons. The molecule has 1 atom stereocenters. The summed E-state index contributed by atoms with van der Waals surface area (Å²) >= 11 is 0. The number of rotatable bonds is 4. The predicted octanol–water partition coefficient (Wildman–Crippen LogP) is 2.89. The summed E-state index contributed by atoms with van der Waals surface area (Å²) in [6, 6.07) is 4.99. The number of carbonyl (C=O) groups excluding carboxylic acids is 2. The number of benzene rings is 1. The second-order valence-electron chi connectivity index (χ2n) is 8.69. The fourth-order valence-electron chi connectivity index (χ4n) is 4.45. The lowest BCUT2D eigenvalue weighted by molar-refractivity contribution is -0.140. The van der Waals surface area contributed by atoms with Crippen LogP contribution in [0.5, 0.6) is 0 Å². The molecule has 2 amide bonds. The molecule has 0 saturated carbocycles. The van der Waals surface area contributed by atoms with Gasteiger partial charge in [0.1, 0.15) is 17.4 Å². The number of carbonyl (C=O) groups is 2. The molecule has 0 bridgehead atoms. The Morgan fingerprint density at radius 2 is 1.97 bits per heavy atom. The van der Waals surface area contributed by atoms with Gasteiger partial charge in [-0.2, -0.15) is 5.26 Å². The molecule has 3 heterocycles. The van der Waals surface area contributed by atoms with E-state index in [0.717, 1.165) is 66.8 Å². The molecule has 2 N–H and O–H groups in total. The number of anilines is 1. The molecule has 2 aliphatic heterocycles. The summed E-state index contributed by atoms with van der Waals surface area (Å²) in [7, 11) is 0. The SMILES string of the molecule is Cc1oc2ccc(NC(=NC3CCCCN(CC(=O)N4CCCC4)C3=O)NC#N)cc2c1C. The van der Waals surface area contributed by atoms with Crippen LogP contribution in [0.4, 0.5) is 5.69 Å². The van der Waals surface area contributed by atoms with Crippen molar-refractivity contribution in [3.63, 3.8) is 0 Å². The molecule has 33 heavy (non-hydrogen) atoms. The molecule has 2 aliphatic rings. The molecule has 1 aromatic heterocycles. The van der Waals surface area contributed by atoms with Crippen molar-refractivity contribution < 1.29 is 14.0 Å². The number of likely N-dealkylation sites (tertiary alicyclic amines) is 2. The third kappa shape index (κ3) is 5.11. The zero-order valence-electron chi connectivity index (χ0n) is 19.2. The van der Waals surface area contributed by atoms with Crippen molar-refractivity contribution in [1.29, 1.82) is 5.26 Å². The van der Waals surface area contributed by atoms with Crippen molar-refractivity contribution in [2.75, 3.05) is 31.5 Å². The third-order valence-electron chi connectivity index (χ3n) is 6.43. The van der Waals surface area contributed by atoms with Crippen LogP contribution in [0.1, 0.15) is 43.4 Å². The summed E-state index contributed by atoms with van der Waals surface area (Å²) in [5, 5.41) is 15.9. The molecule has 1 aromatic carbocycles. The predicted molar refractivity (Wildman–Crippen MR) is 126 cm³/mol. The van der Waals surface area contributed by atoms with Crippen LogP contribution < -0.4 is 10.6 Å². The molecule has 9 nitrogen and oxygen atoms in total. The van der Waals surface area contributed by atoms with Crippen LogP contribution in [0.2, 0.25) is 0 Å². The first-order valence-electron chi connectivity index (χ1n) is 11.5. The highest BCUT2D eigenvalue weighted by molar-refractivity contribution is 5.99. The van der Waals surface area contributed by atoms with E-state index in [1.54, 1.807) is 4.90 Å². The van der Waals surface area contributed by atoms with Crippen molar-refractivity contribution in [3.8, 4) is 6.19 Å². The Kier molecular flexibility index (Phi) is 6.82. The minimum Gasteiger partial charge on any atom is -0.461 e. The third-order valence-corrected chi connectivity index (χ3v) is 6.43. The number of furan rings is 1. The fourth-order valence-corrected chi connectivity index (χ4v) is 4.45. The maximum absolute atomic E-state index is 13.2. The highest BCUT2D eigenvalue weighted by Crippen LogP contribution is 2.27. The number of aryl methyl sites for hydroxylation is 2. The first-order valence-corrected chi connectivity index (χ1v) is 11.5. The molecule has 1 unspecified atom stereocenters. The maximum atomic E-state index is 13.2. The van der Waals surface area contributed by atoms with Crippen LogP contribution in [0.25, 0.3) is 11.0 Å². The quantitative estimate of drug-likeness (QED) is 0.320. The van der Waals surface area contributed by atoms with E-state index in [1.165, 1.54) is 0 Å². The minimum absolute atomic E-state index is 0.00180. The molecule has 4 rings (SSSR count). The minimum atomic E-state index is -0.649. The van der Waals surface area contributed by atoms with Gasteiger partial charge in [-0.1, -0.05) is 0 Å². The lowest BCUT2D eigenvalue weighted by Gasteiger charge is -2.25. The normalized spacial score (nSPS) is 19.5. The Labute approximate surface area is 193 Å². The van der Waals surface area contributed by atoms with E-state index >= 15 is 0 Å². The van der Waals surface area contributed by atoms with Crippen molar-refractivity contribution >= 4 is 34.4 Å². The van der Waals surface area contributed by atoms with Crippen LogP contribution in [-0.2, 0) is 9.59 Å². The van der Waals surface area contributed by atoms with Crippen molar-refractivity contribution in [2.24, 2.45) is 4.99 Å². The van der Waals surface area contributed by atoms with E-state index in [2.05, 4.69) is 15.6 Å². The van der Waals surface area contributed by atoms with E-state index < -0.39 is 6.04 Å². The second kappa shape index (κ2) is 9.94. The van der Waals surface area contributed by atoms with Crippen LogP contribution in [-0.4, -0.2) is 59.8 Å². The summed E-state index contributed by atoms with van der Waals surface area (Å²) < 4.78 is 5.73. The number of hydrogen-bond acceptors (Lipinski definition) is 5. The number of nitrogens with zero attached hydrogens (tertiary/aromatic N) is 4. The molecular formula is C24H30N6O3. The summed E-state index contributed by atoms with van der Waals surface area (Å²) in [6.45, 7) is 6.09. The number of aliphatic imine (C=N–C) groups is 1. The van der Waals surface area contributed by atoms with Crippen molar-refractivity contribution in [1.82, 2.24) is 15.1 Å². The first kappa shape index (κ1) is 22.6. The fraction of sp³-hybridized carbons (Fsp3) is 0.500. The Bertz CT molecular complexity index is 1110. The summed E-state index contributed by atoms with van der Waals surface area (Å²) in [6.07, 6.45) is 6.16. The van der Waals surface area contributed by atoms with Gasteiger partial charge in [0.05, 0.1) is 6.54 Å². The lowest BCUT2D eigenvalue weighted by Crippen LogP contribution is -2.45. The van der Waals surface area contributed by atoms with Gasteiger partial charge < -0.3 is 19.5 Å². The Morgan fingerprint density at radius 3 is 2.73 bits per heavy atom. The summed E-state index contributed by atoms with van der Waals surface area (Å²) in [4.78, 5) is 33.8. The average molecular weight is 451 g/mol. The summed E-state index contributed by atoms with van der Waals surface area (Å²) in [5.74, 6) is 0.897. The van der Waals surface area contributed by atoms with Gasteiger partial charge in [0.2, 0.25) is 17.8 Å². The largest absolute Gasteiger partial charge is 0.461 e. The zero-order valence-corrected chi connectivity index (χ0v) is 19.2. The van der Waals surface area contributed by atoms with Crippen molar-refractivity contribution in [3.05, 3.63) is 29.5 Å². The van der Waals surface area contributed by atoms with Gasteiger partial charge in [0.25, 0.3) is 0 Å². The Morgan fingerprint density at radius 1 is 1.21 bits per heavy atom. The molecule has 0 spiro atoms. The molecule has 9 heteroatoms. The van der Waals surface area contributed by atoms with Gasteiger partial charge in [-0.05, 0) is 69.7 Å². The van der Waals surface area contributed by atoms with Gasteiger partial charge >= 0.3 is 0 Å². The lowest BCUT2D eigenvalue weighted by atomic mass is 10.1. The van der Waals surface area contributed by atoms with Gasteiger partial charge in [0.15, 0.2) is 6.19 Å². The Hall–Kier alpha value is -3.54. The number of nitriles is 1. The van der Waals surface area contributed by atoms with E-state index in [1.807, 2.05) is 43.1 Å². The molecule has 2 saturated heterocycles. The number of amides is 2. The smallest absolute Gasteiger partial charge is 0.247 e. The number of guanidine groups is 1. The van der Waals surface area contributed by atoms with Crippen molar-refractivity contribution in [2.45, 2.75) is 52.0 Å². The number of fused-ring (bicyclic) bond motifs is 1. The topological polar surface area (TPSA) is 114 Å². The van der Waals surface area contributed by atoms with Gasteiger partial charge in [0, 0.05) is 30.7 Å². The molecule has 0 radical (unpaired) electrons. The van der Waals surface area contributed by atoms with E-state index in [0.29, 0.717) is 13.0 Å². The highest BCUT2D eigenvalue weighted by atomic mass is 16.3.